The molecule has 36 heavy (non-hydrogen) atoms. The van der Waals surface area contributed by atoms with E-state index < -0.39 is 49.0 Å². The maximum Gasteiger partial charge on any atom is 0.326 e. The van der Waals surface area contributed by atoms with Crippen LogP contribution in [0.3, 0.4) is 0 Å². The SMILES string of the molecule is CCCCCCCC/C=C\CCCCCCCC(=O)OCC(O)COC(=O)CC(NC(C)=O)C(=O)O. The number of carbonyl (C=O) groups excluding carboxylic acids is 3. The molecule has 0 rings (SSSR count). The predicted octanol–water partition coefficient (Wildman–Crippen LogP) is 4.45. The minimum absolute atomic E-state index is 0.266. The van der Waals surface area contributed by atoms with Crippen LogP contribution in [0.25, 0.3) is 0 Å². The van der Waals surface area contributed by atoms with Gasteiger partial charge in [0.2, 0.25) is 5.91 Å². The lowest BCUT2D eigenvalue weighted by Crippen LogP contribution is -2.41. The van der Waals surface area contributed by atoms with Crippen molar-refractivity contribution in [2.75, 3.05) is 13.2 Å². The molecular weight excluding hydrogens is 466 g/mol. The number of hydrogen-bond donors (Lipinski definition) is 3. The Morgan fingerprint density at radius 2 is 1.28 bits per heavy atom. The maximum absolute atomic E-state index is 11.8. The summed E-state index contributed by atoms with van der Waals surface area (Å²) in [7, 11) is 0. The van der Waals surface area contributed by atoms with Crippen molar-refractivity contribution < 1.29 is 38.9 Å². The number of esters is 2. The third kappa shape index (κ3) is 22.1. The van der Waals surface area contributed by atoms with E-state index in [9.17, 15) is 24.3 Å². The highest BCUT2D eigenvalue weighted by molar-refractivity contribution is 5.86. The second kappa shape index (κ2) is 23.0. The van der Waals surface area contributed by atoms with Crippen LogP contribution in [0.5, 0.6) is 0 Å². The van der Waals surface area contributed by atoms with E-state index in [0.29, 0.717) is 0 Å². The van der Waals surface area contributed by atoms with E-state index >= 15 is 0 Å². The van der Waals surface area contributed by atoms with Gasteiger partial charge in [-0.25, -0.2) is 4.79 Å². The number of rotatable bonds is 23. The number of nitrogens with one attached hydrogen (secondary N) is 1. The molecule has 0 aromatic heterocycles. The predicted molar refractivity (Wildman–Crippen MR) is 137 cm³/mol. The maximum atomic E-state index is 11.8. The minimum atomic E-state index is -1.41. The minimum Gasteiger partial charge on any atom is -0.480 e. The zero-order valence-corrected chi connectivity index (χ0v) is 22.2. The van der Waals surface area contributed by atoms with Crippen molar-refractivity contribution in [3.05, 3.63) is 12.2 Å². The van der Waals surface area contributed by atoms with E-state index in [2.05, 4.69) is 24.4 Å². The standard InChI is InChI=1S/C27H47NO8/c1-3-4-5-6-7-8-9-10-11-12-13-14-15-16-17-18-25(31)35-20-23(30)21-36-26(32)19-24(27(33)34)28-22(2)29/h10-11,23-24,30H,3-9,12-21H2,1-2H3,(H,28,29)(H,33,34)/b11-10-. The van der Waals surface area contributed by atoms with Crippen molar-refractivity contribution in [2.45, 2.75) is 122 Å². The first-order valence-corrected chi connectivity index (χ1v) is 13.4. The van der Waals surface area contributed by atoms with Gasteiger partial charge < -0.3 is 25.0 Å². The van der Waals surface area contributed by atoms with E-state index in [0.717, 1.165) is 45.4 Å². The van der Waals surface area contributed by atoms with E-state index in [4.69, 9.17) is 14.6 Å². The van der Waals surface area contributed by atoms with Gasteiger partial charge in [-0.1, -0.05) is 70.4 Å². The van der Waals surface area contributed by atoms with Crippen molar-refractivity contribution in [1.82, 2.24) is 5.32 Å². The molecule has 9 heteroatoms. The molecule has 0 fully saturated rings. The van der Waals surface area contributed by atoms with Gasteiger partial charge in [0.05, 0.1) is 6.42 Å². The molecule has 208 valence electrons. The van der Waals surface area contributed by atoms with E-state index in [1.165, 1.54) is 44.9 Å². The van der Waals surface area contributed by atoms with Crippen molar-refractivity contribution in [3.63, 3.8) is 0 Å². The Hall–Kier alpha value is -2.42. The summed E-state index contributed by atoms with van der Waals surface area (Å²) in [6.07, 6.45) is 18.3. The van der Waals surface area contributed by atoms with Gasteiger partial charge in [-0.05, 0) is 32.1 Å². The van der Waals surface area contributed by atoms with Crippen LogP contribution in [-0.2, 0) is 28.7 Å². The Morgan fingerprint density at radius 1 is 0.778 bits per heavy atom. The molecule has 0 saturated carbocycles. The van der Waals surface area contributed by atoms with Crippen molar-refractivity contribution >= 4 is 23.8 Å². The number of allylic oxidation sites excluding steroid dienone is 2. The number of aliphatic carboxylic acids is 1. The molecule has 0 aliphatic heterocycles. The number of carboxylic acid groups (broad SMARTS) is 1. The average molecular weight is 514 g/mol. The van der Waals surface area contributed by atoms with Crippen LogP contribution >= 0.6 is 0 Å². The molecule has 0 aliphatic rings. The van der Waals surface area contributed by atoms with Crippen LogP contribution < -0.4 is 5.32 Å². The largest absolute Gasteiger partial charge is 0.480 e. The Morgan fingerprint density at radius 3 is 1.81 bits per heavy atom. The molecule has 0 aromatic rings. The summed E-state index contributed by atoms with van der Waals surface area (Å²) in [5.41, 5.74) is 0. The van der Waals surface area contributed by atoms with E-state index in [-0.39, 0.29) is 13.0 Å². The van der Waals surface area contributed by atoms with Gasteiger partial charge in [-0.2, -0.15) is 0 Å². The summed E-state index contributed by atoms with van der Waals surface area (Å²) in [5, 5.41) is 20.9. The molecule has 2 atom stereocenters. The monoisotopic (exact) mass is 513 g/mol. The van der Waals surface area contributed by atoms with Crippen molar-refractivity contribution in [1.29, 1.82) is 0 Å². The number of hydrogen-bond acceptors (Lipinski definition) is 7. The van der Waals surface area contributed by atoms with Gasteiger partial charge in [0.25, 0.3) is 0 Å². The molecule has 9 nitrogen and oxygen atoms in total. The highest BCUT2D eigenvalue weighted by Gasteiger charge is 2.23. The normalized spacial score (nSPS) is 12.8. The van der Waals surface area contributed by atoms with Gasteiger partial charge in [0.1, 0.15) is 25.4 Å². The zero-order valence-electron chi connectivity index (χ0n) is 22.2. The van der Waals surface area contributed by atoms with E-state index in [1.807, 2.05) is 0 Å². The molecule has 0 saturated heterocycles. The first-order chi connectivity index (χ1) is 17.3. The molecule has 0 spiro atoms. The first-order valence-electron chi connectivity index (χ1n) is 13.4. The van der Waals surface area contributed by atoms with Crippen LogP contribution in [0.4, 0.5) is 0 Å². The molecule has 0 bridgehead atoms. The zero-order chi connectivity index (χ0) is 27.0. The van der Waals surface area contributed by atoms with Gasteiger partial charge in [0.15, 0.2) is 0 Å². The number of aliphatic hydroxyl groups is 1. The van der Waals surface area contributed by atoms with E-state index in [1.54, 1.807) is 0 Å². The number of carbonyl (C=O) groups is 4. The summed E-state index contributed by atoms with van der Waals surface area (Å²) in [4.78, 5) is 45.4. The number of ether oxygens (including phenoxy) is 2. The molecule has 2 unspecified atom stereocenters. The molecule has 0 aliphatic carbocycles. The van der Waals surface area contributed by atoms with Crippen LogP contribution in [0.15, 0.2) is 12.2 Å². The first kappa shape index (κ1) is 33.6. The summed E-state index contributed by atoms with van der Waals surface area (Å²) < 4.78 is 9.78. The molecule has 0 heterocycles. The Kier molecular flexibility index (Phi) is 21.5. The quantitative estimate of drug-likeness (QED) is 0.103. The highest BCUT2D eigenvalue weighted by Crippen LogP contribution is 2.10. The van der Waals surface area contributed by atoms with Gasteiger partial charge >= 0.3 is 17.9 Å². The number of carboxylic acids is 1. The van der Waals surface area contributed by atoms with Crippen molar-refractivity contribution in [2.24, 2.45) is 0 Å². The van der Waals surface area contributed by atoms with Crippen molar-refractivity contribution in [3.8, 4) is 0 Å². The molecule has 3 N–H and O–H groups in total. The fourth-order valence-electron chi connectivity index (χ4n) is 3.51. The van der Waals surface area contributed by atoms with Crippen LogP contribution in [0.2, 0.25) is 0 Å². The number of unbranched alkanes of at least 4 members (excludes halogenated alkanes) is 11. The topological polar surface area (TPSA) is 139 Å². The average Bonchev–Trinajstić information content (AvgIpc) is 2.83. The smallest absolute Gasteiger partial charge is 0.326 e. The summed E-state index contributed by atoms with van der Waals surface area (Å²) >= 11 is 0. The Bertz CT molecular complexity index is 650. The lowest BCUT2D eigenvalue weighted by Gasteiger charge is -2.14. The highest BCUT2D eigenvalue weighted by atomic mass is 16.6. The van der Waals surface area contributed by atoms with Gasteiger partial charge in [0, 0.05) is 13.3 Å². The third-order valence-electron chi connectivity index (χ3n) is 5.56. The fourth-order valence-corrected chi connectivity index (χ4v) is 3.51. The second-order valence-electron chi connectivity index (χ2n) is 9.15. The lowest BCUT2D eigenvalue weighted by atomic mass is 10.1. The molecule has 0 radical (unpaired) electrons. The van der Waals surface area contributed by atoms with Crippen LogP contribution in [0.1, 0.15) is 110 Å². The molecule has 0 aromatic carbocycles. The molecule has 1 amide bonds. The van der Waals surface area contributed by atoms with Gasteiger partial charge in [-0.3, -0.25) is 14.4 Å². The summed E-state index contributed by atoms with van der Waals surface area (Å²) in [6, 6.07) is -1.41. The molecular formula is C27H47NO8. The Balaban J connectivity index is 3.66. The van der Waals surface area contributed by atoms with Crippen LogP contribution in [-0.4, -0.2) is 59.4 Å². The second-order valence-corrected chi connectivity index (χ2v) is 9.15. The lowest BCUT2D eigenvalue weighted by molar-refractivity contribution is -0.155. The Labute approximate surface area is 216 Å². The number of amides is 1. The van der Waals surface area contributed by atoms with Gasteiger partial charge in [-0.15, -0.1) is 0 Å². The summed E-state index contributed by atoms with van der Waals surface area (Å²) in [5.74, 6) is -3.27. The fraction of sp³-hybridized carbons (Fsp3) is 0.778. The summed E-state index contributed by atoms with van der Waals surface area (Å²) in [6.45, 7) is 2.62. The van der Waals surface area contributed by atoms with Crippen LogP contribution in [0, 0.1) is 0 Å². The number of aliphatic hydroxyl groups excluding tert-OH is 1. The third-order valence-corrected chi connectivity index (χ3v) is 5.56.